The molecule has 0 saturated carbocycles. The maximum atomic E-state index is 5.68. The van der Waals surface area contributed by atoms with E-state index in [2.05, 4.69) is 27.5 Å². The van der Waals surface area contributed by atoms with Crippen LogP contribution < -0.4 is 5.32 Å². The Morgan fingerprint density at radius 3 is 2.95 bits per heavy atom. The average molecular weight is 318 g/mol. The largest absolute Gasteiger partial charge is 0.378 e. The molecule has 1 atom stereocenters. The van der Waals surface area contributed by atoms with Crippen molar-refractivity contribution in [3.8, 4) is 0 Å². The summed E-state index contributed by atoms with van der Waals surface area (Å²) in [5.74, 6) is 0.836. The minimum absolute atomic E-state index is 0. The maximum Gasteiger partial charge on any atom is 0.112 e. The normalized spacial score (nSPS) is 25.4. The third-order valence-corrected chi connectivity index (χ3v) is 5.18. The van der Waals surface area contributed by atoms with Gasteiger partial charge in [0.05, 0.1) is 19.3 Å². The van der Waals surface area contributed by atoms with Crippen LogP contribution in [0.1, 0.15) is 29.6 Å². The molecule has 20 heavy (non-hydrogen) atoms. The number of aryl methyl sites for hydroxylation is 1. The fourth-order valence-electron chi connectivity index (χ4n) is 3.01. The Morgan fingerprint density at radius 1 is 1.45 bits per heavy atom. The lowest BCUT2D eigenvalue weighted by molar-refractivity contribution is -0.0173. The average Bonchev–Trinajstić information content (AvgIpc) is 2.87. The van der Waals surface area contributed by atoms with Crippen molar-refractivity contribution in [1.82, 2.24) is 15.2 Å². The number of nitrogens with zero attached hydrogens (tertiary/aromatic N) is 2. The molecule has 1 unspecified atom stereocenters. The van der Waals surface area contributed by atoms with Gasteiger partial charge in [0.1, 0.15) is 5.01 Å². The van der Waals surface area contributed by atoms with Crippen molar-refractivity contribution in [3.05, 3.63) is 16.1 Å². The molecule has 114 valence electrons. The molecule has 0 amide bonds. The number of ether oxygens (including phenoxy) is 1. The molecule has 0 aliphatic carbocycles. The van der Waals surface area contributed by atoms with E-state index in [1.165, 1.54) is 37.5 Å². The van der Waals surface area contributed by atoms with Gasteiger partial charge in [0.2, 0.25) is 0 Å². The van der Waals surface area contributed by atoms with Gasteiger partial charge in [-0.25, -0.2) is 4.98 Å². The predicted molar refractivity (Wildman–Crippen MR) is 84.8 cm³/mol. The zero-order valence-corrected chi connectivity index (χ0v) is 13.6. The highest BCUT2D eigenvalue weighted by atomic mass is 35.5. The van der Waals surface area contributed by atoms with E-state index in [4.69, 9.17) is 4.74 Å². The molecule has 1 aromatic heterocycles. The fourth-order valence-corrected chi connectivity index (χ4v) is 3.92. The standard InChI is InChI=1S/C14H23N3OS.ClH/c1-11-10-19-14(16-11)13-9-18-7-6-17(13)8-12-2-4-15-5-3-12;/h10,12-13,15H,2-9H2,1H3;1H. The molecule has 0 spiro atoms. The number of hydrogen-bond acceptors (Lipinski definition) is 5. The summed E-state index contributed by atoms with van der Waals surface area (Å²) in [5.41, 5.74) is 1.13. The Bertz CT molecular complexity index is 409. The smallest absolute Gasteiger partial charge is 0.112 e. The van der Waals surface area contributed by atoms with Gasteiger partial charge in [-0.1, -0.05) is 0 Å². The summed E-state index contributed by atoms with van der Waals surface area (Å²) in [6, 6.07) is 0.377. The van der Waals surface area contributed by atoms with E-state index in [-0.39, 0.29) is 12.4 Å². The van der Waals surface area contributed by atoms with Gasteiger partial charge in [-0.2, -0.15) is 0 Å². The van der Waals surface area contributed by atoms with Crippen LogP contribution in [0.15, 0.2) is 5.38 Å². The van der Waals surface area contributed by atoms with Crippen molar-refractivity contribution in [1.29, 1.82) is 0 Å². The summed E-state index contributed by atoms with van der Waals surface area (Å²) in [7, 11) is 0. The van der Waals surface area contributed by atoms with Gasteiger partial charge >= 0.3 is 0 Å². The third-order valence-electron chi connectivity index (χ3n) is 4.11. The molecule has 6 heteroatoms. The van der Waals surface area contributed by atoms with Crippen LogP contribution in [0, 0.1) is 12.8 Å². The first-order chi connectivity index (χ1) is 9.33. The van der Waals surface area contributed by atoms with Crippen LogP contribution in [0.3, 0.4) is 0 Å². The summed E-state index contributed by atoms with van der Waals surface area (Å²) >= 11 is 1.78. The number of halogens is 1. The molecular weight excluding hydrogens is 294 g/mol. The van der Waals surface area contributed by atoms with Crippen molar-refractivity contribution < 1.29 is 4.74 Å². The first-order valence-electron chi connectivity index (χ1n) is 7.27. The summed E-state index contributed by atoms with van der Waals surface area (Å²) in [4.78, 5) is 7.26. The molecule has 1 aromatic rings. The van der Waals surface area contributed by atoms with Crippen LogP contribution >= 0.6 is 23.7 Å². The molecule has 0 radical (unpaired) electrons. The maximum absolute atomic E-state index is 5.68. The number of rotatable bonds is 3. The number of thiazole rings is 1. The first-order valence-corrected chi connectivity index (χ1v) is 8.15. The van der Waals surface area contributed by atoms with Gasteiger partial charge in [0, 0.05) is 24.2 Å². The van der Waals surface area contributed by atoms with Gasteiger partial charge < -0.3 is 10.1 Å². The van der Waals surface area contributed by atoms with Crippen LogP contribution in [0.4, 0.5) is 0 Å². The van der Waals surface area contributed by atoms with E-state index in [1.807, 2.05) is 0 Å². The molecule has 2 saturated heterocycles. The third kappa shape index (κ3) is 3.92. The van der Waals surface area contributed by atoms with E-state index in [9.17, 15) is 0 Å². The molecule has 4 nitrogen and oxygen atoms in total. The van der Waals surface area contributed by atoms with E-state index in [0.717, 1.165) is 31.4 Å². The predicted octanol–water partition coefficient (Wildman–Crippen LogP) is 2.25. The summed E-state index contributed by atoms with van der Waals surface area (Å²) in [5, 5.41) is 6.82. The van der Waals surface area contributed by atoms with Gasteiger partial charge in [-0.3, -0.25) is 4.90 Å². The highest BCUT2D eigenvalue weighted by molar-refractivity contribution is 7.09. The van der Waals surface area contributed by atoms with Crippen molar-refractivity contribution in [2.45, 2.75) is 25.8 Å². The fraction of sp³-hybridized carbons (Fsp3) is 0.786. The topological polar surface area (TPSA) is 37.4 Å². The van der Waals surface area contributed by atoms with Gasteiger partial charge in [0.15, 0.2) is 0 Å². The Morgan fingerprint density at radius 2 is 2.25 bits per heavy atom. The lowest BCUT2D eigenvalue weighted by atomic mass is 9.96. The Hall–Kier alpha value is -0.200. The molecule has 2 aliphatic heterocycles. The van der Waals surface area contributed by atoms with E-state index >= 15 is 0 Å². The molecular formula is C14H24ClN3OS. The summed E-state index contributed by atoms with van der Waals surface area (Å²) in [6.45, 7) is 8.35. The minimum Gasteiger partial charge on any atom is -0.378 e. The number of piperidine rings is 1. The molecule has 3 rings (SSSR count). The number of nitrogens with one attached hydrogen (secondary N) is 1. The Balaban J connectivity index is 0.00000147. The highest BCUT2D eigenvalue weighted by Crippen LogP contribution is 2.28. The van der Waals surface area contributed by atoms with Gasteiger partial charge in [0.25, 0.3) is 0 Å². The van der Waals surface area contributed by atoms with Crippen LogP contribution in [0.5, 0.6) is 0 Å². The van der Waals surface area contributed by atoms with Crippen LogP contribution in [-0.4, -0.2) is 49.3 Å². The van der Waals surface area contributed by atoms with Gasteiger partial charge in [-0.15, -0.1) is 23.7 Å². The molecule has 0 bridgehead atoms. The second-order valence-corrected chi connectivity index (χ2v) is 6.50. The second kappa shape index (κ2) is 7.71. The number of aromatic nitrogens is 1. The van der Waals surface area contributed by atoms with Crippen molar-refractivity contribution in [2.24, 2.45) is 5.92 Å². The Kier molecular flexibility index (Phi) is 6.23. The molecule has 2 aliphatic rings. The van der Waals surface area contributed by atoms with E-state index in [1.54, 1.807) is 11.3 Å². The van der Waals surface area contributed by atoms with Gasteiger partial charge in [-0.05, 0) is 38.8 Å². The SMILES string of the molecule is Cc1csc(C2COCCN2CC2CCNCC2)n1.Cl. The molecule has 1 N–H and O–H groups in total. The number of hydrogen-bond donors (Lipinski definition) is 1. The molecule has 2 fully saturated rings. The zero-order chi connectivity index (χ0) is 13.1. The van der Waals surface area contributed by atoms with Crippen molar-refractivity contribution in [2.75, 3.05) is 39.4 Å². The lowest BCUT2D eigenvalue weighted by Gasteiger charge is -2.37. The molecule has 0 aromatic carbocycles. The van der Waals surface area contributed by atoms with E-state index < -0.39 is 0 Å². The quantitative estimate of drug-likeness (QED) is 0.928. The van der Waals surface area contributed by atoms with Crippen molar-refractivity contribution >= 4 is 23.7 Å². The monoisotopic (exact) mass is 317 g/mol. The minimum atomic E-state index is 0. The van der Waals surface area contributed by atoms with Crippen molar-refractivity contribution in [3.63, 3.8) is 0 Å². The lowest BCUT2D eigenvalue weighted by Crippen LogP contribution is -2.44. The van der Waals surface area contributed by atoms with Crippen LogP contribution in [0.25, 0.3) is 0 Å². The molecule has 3 heterocycles. The summed E-state index contributed by atoms with van der Waals surface area (Å²) in [6.07, 6.45) is 2.61. The van der Waals surface area contributed by atoms with E-state index in [0.29, 0.717) is 6.04 Å². The zero-order valence-electron chi connectivity index (χ0n) is 12.0. The number of morpholine rings is 1. The van der Waals surface area contributed by atoms with Crippen LogP contribution in [0.2, 0.25) is 0 Å². The Labute approximate surface area is 131 Å². The first kappa shape index (κ1) is 16.2. The summed E-state index contributed by atoms with van der Waals surface area (Å²) < 4.78 is 5.68. The van der Waals surface area contributed by atoms with Crippen LogP contribution in [-0.2, 0) is 4.74 Å². The highest BCUT2D eigenvalue weighted by Gasteiger charge is 2.29. The second-order valence-electron chi connectivity index (χ2n) is 5.61.